The molecule has 0 saturated heterocycles. The van der Waals surface area contributed by atoms with Gasteiger partial charge in [0.05, 0.1) is 17.0 Å². The average molecular weight is 543 g/mol. The number of carbonyl (C=O) groups excluding carboxylic acids is 1. The van der Waals surface area contributed by atoms with E-state index in [-0.39, 0.29) is 5.91 Å². The summed E-state index contributed by atoms with van der Waals surface area (Å²) in [6, 6.07) is 26.1. The van der Waals surface area contributed by atoms with Crippen molar-refractivity contribution in [3.63, 3.8) is 0 Å². The lowest BCUT2D eigenvalue weighted by atomic mass is 10.2. The summed E-state index contributed by atoms with van der Waals surface area (Å²) in [6.45, 7) is 10.6. The molecule has 0 aliphatic carbocycles. The Morgan fingerprint density at radius 1 is 1.00 bits per heavy atom. The number of fused-ring (bicyclic) bond motifs is 1. The predicted molar refractivity (Wildman–Crippen MR) is 162 cm³/mol. The number of carbonyl (C=O) groups is 1. The Hall–Kier alpha value is -3.55. The van der Waals surface area contributed by atoms with E-state index in [0.717, 1.165) is 59.9 Å². The Balaban J connectivity index is 1.18. The van der Waals surface area contributed by atoms with E-state index in [1.54, 1.807) is 0 Å². The maximum absolute atomic E-state index is 12.6. The van der Waals surface area contributed by atoms with Crippen LogP contribution >= 0.6 is 11.9 Å². The van der Waals surface area contributed by atoms with Crippen molar-refractivity contribution in [1.82, 2.24) is 15.2 Å². The third-order valence-electron chi connectivity index (χ3n) is 6.32. The molecule has 0 aliphatic heterocycles. The van der Waals surface area contributed by atoms with Gasteiger partial charge in [0.1, 0.15) is 5.75 Å². The molecule has 6 nitrogen and oxygen atoms in total. The van der Waals surface area contributed by atoms with E-state index in [2.05, 4.69) is 65.0 Å². The van der Waals surface area contributed by atoms with Gasteiger partial charge in [0, 0.05) is 42.5 Å². The first kappa shape index (κ1) is 28.5. The number of nitrogens with zero attached hydrogens (tertiary/aromatic N) is 2. The minimum atomic E-state index is -0.0486. The highest BCUT2D eigenvalue weighted by Gasteiger charge is 2.08. The highest BCUT2D eigenvalue weighted by atomic mass is 32.2. The molecule has 1 aromatic heterocycles. The van der Waals surface area contributed by atoms with Crippen LogP contribution in [-0.4, -0.2) is 42.0 Å². The van der Waals surface area contributed by atoms with Crippen LogP contribution in [0.2, 0.25) is 0 Å². The van der Waals surface area contributed by atoms with Gasteiger partial charge >= 0.3 is 0 Å². The van der Waals surface area contributed by atoms with Crippen LogP contribution < -0.4 is 14.8 Å². The van der Waals surface area contributed by atoms with E-state index in [4.69, 9.17) is 4.74 Å². The average Bonchev–Trinajstić information content (AvgIpc) is 2.97. The molecule has 204 valence electrons. The normalized spacial score (nSPS) is 11.2. The van der Waals surface area contributed by atoms with E-state index < -0.39 is 0 Å². The number of nitrogens with one attached hydrogen (secondary N) is 2. The second-order valence-corrected chi connectivity index (χ2v) is 10.8. The van der Waals surface area contributed by atoms with Crippen LogP contribution in [0.5, 0.6) is 5.75 Å². The Bertz CT molecular complexity index is 1320. The zero-order valence-electron chi connectivity index (χ0n) is 23.0. The van der Waals surface area contributed by atoms with Crippen LogP contribution in [0.1, 0.15) is 43.1 Å². The van der Waals surface area contributed by atoms with Gasteiger partial charge in [-0.25, -0.2) is 0 Å². The summed E-state index contributed by atoms with van der Waals surface area (Å²) in [5.74, 6) is 1.39. The van der Waals surface area contributed by atoms with E-state index in [9.17, 15) is 4.79 Å². The highest BCUT2D eigenvalue weighted by molar-refractivity contribution is 8.00. The van der Waals surface area contributed by atoms with Crippen LogP contribution in [0.25, 0.3) is 10.9 Å². The SMILES string of the molecule is CCN(CCCNC(=O)c1ccc(NSc2cccc3cccnc23)cc1)Cc1ccc(OCC(C)C)cc1. The molecule has 3 aromatic carbocycles. The molecule has 1 heterocycles. The number of benzene rings is 3. The first-order valence-electron chi connectivity index (χ1n) is 13.6. The van der Waals surface area contributed by atoms with Crippen molar-refractivity contribution < 1.29 is 9.53 Å². The van der Waals surface area contributed by atoms with Gasteiger partial charge in [-0.1, -0.05) is 51.1 Å². The second-order valence-electron chi connectivity index (χ2n) is 9.94. The van der Waals surface area contributed by atoms with Gasteiger partial charge in [-0.15, -0.1) is 0 Å². The summed E-state index contributed by atoms with van der Waals surface area (Å²) in [6.07, 6.45) is 2.70. The number of hydrogen-bond acceptors (Lipinski definition) is 6. The highest BCUT2D eigenvalue weighted by Crippen LogP contribution is 2.27. The van der Waals surface area contributed by atoms with Crippen molar-refractivity contribution >= 4 is 34.4 Å². The standard InChI is InChI=1S/C32H38N4O2S/c1-4-36(22-25-11-17-29(18-12-25)38-23-24(2)3)21-7-20-34-32(37)27-13-15-28(16-14-27)35-39-30-10-5-8-26-9-6-19-33-31(26)30/h5-6,8-19,24,35H,4,7,20-23H2,1-3H3,(H,34,37). The van der Waals surface area contributed by atoms with Gasteiger partial charge in [0.15, 0.2) is 0 Å². The predicted octanol–water partition coefficient (Wildman–Crippen LogP) is 7.03. The molecule has 2 N–H and O–H groups in total. The summed E-state index contributed by atoms with van der Waals surface area (Å²) >= 11 is 1.52. The summed E-state index contributed by atoms with van der Waals surface area (Å²) in [5.41, 5.74) is 3.83. The first-order valence-corrected chi connectivity index (χ1v) is 14.4. The van der Waals surface area contributed by atoms with Gasteiger partial charge in [0.2, 0.25) is 0 Å². The molecule has 0 saturated carbocycles. The summed E-state index contributed by atoms with van der Waals surface area (Å²) in [4.78, 5) is 20.6. The van der Waals surface area contributed by atoms with Crippen LogP contribution in [0.4, 0.5) is 5.69 Å². The minimum Gasteiger partial charge on any atom is -0.493 e. The molecule has 1 amide bonds. The van der Waals surface area contributed by atoms with Crippen LogP contribution in [0, 0.1) is 5.92 Å². The monoisotopic (exact) mass is 542 g/mol. The Morgan fingerprint density at radius 3 is 2.51 bits per heavy atom. The van der Waals surface area contributed by atoms with Gasteiger partial charge in [-0.05, 0) is 84.9 Å². The lowest BCUT2D eigenvalue weighted by Gasteiger charge is -2.21. The van der Waals surface area contributed by atoms with Crippen LogP contribution in [-0.2, 0) is 6.54 Å². The maximum atomic E-state index is 12.6. The Kier molecular flexibility index (Phi) is 10.6. The van der Waals surface area contributed by atoms with Crippen LogP contribution in [0.3, 0.4) is 0 Å². The van der Waals surface area contributed by atoms with E-state index >= 15 is 0 Å². The number of para-hydroxylation sites is 1. The molecule has 4 aromatic rings. The zero-order chi connectivity index (χ0) is 27.5. The van der Waals surface area contributed by atoms with Gasteiger partial charge in [-0.2, -0.15) is 0 Å². The number of amides is 1. The first-order chi connectivity index (χ1) is 19.0. The molecular weight excluding hydrogens is 504 g/mol. The fourth-order valence-corrected chi connectivity index (χ4v) is 4.91. The van der Waals surface area contributed by atoms with E-state index in [1.165, 1.54) is 17.5 Å². The molecule has 7 heteroatoms. The van der Waals surface area contributed by atoms with Crippen molar-refractivity contribution in [3.05, 3.63) is 96.2 Å². The topological polar surface area (TPSA) is 66.5 Å². The van der Waals surface area contributed by atoms with Gasteiger partial charge in [-0.3, -0.25) is 14.7 Å². The quantitative estimate of drug-likeness (QED) is 0.132. The van der Waals surface area contributed by atoms with Crippen LogP contribution in [0.15, 0.2) is 90.0 Å². The molecule has 0 bridgehead atoms. The Labute approximate surface area is 236 Å². The van der Waals surface area contributed by atoms with Crippen molar-refractivity contribution in [2.75, 3.05) is 31.0 Å². The summed E-state index contributed by atoms with van der Waals surface area (Å²) in [5, 5.41) is 4.17. The van der Waals surface area contributed by atoms with Crippen molar-refractivity contribution in [2.45, 2.75) is 38.6 Å². The number of pyridine rings is 1. The Morgan fingerprint density at radius 2 is 1.77 bits per heavy atom. The number of anilines is 1. The zero-order valence-corrected chi connectivity index (χ0v) is 23.8. The van der Waals surface area contributed by atoms with Crippen molar-refractivity contribution in [3.8, 4) is 5.75 Å². The fraction of sp³-hybridized carbons (Fsp3) is 0.312. The van der Waals surface area contributed by atoms with E-state index in [1.807, 2.05) is 60.8 Å². The number of ether oxygens (including phenoxy) is 1. The number of hydrogen-bond donors (Lipinski definition) is 2. The lowest BCUT2D eigenvalue weighted by Crippen LogP contribution is -2.29. The third kappa shape index (κ3) is 8.73. The summed E-state index contributed by atoms with van der Waals surface area (Å²) in [7, 11) is 0. The van der Waals surface area contributed by atoms with Crippen molar-refractivity contribution in [2.24, 2.45) is 5.92 Å². The molecule has 39 heavy (non-hydrogen) atoms. The lowest BCUT2D eigenvalue weighted by molar-refractivity contribution is 0.0951. The molecular formula is C32H38N4O2S. The number of rotatable bonds is 14. The molecule has 0 atom stereocenters. The largest absolute Gasteiger partial charge is 0.493 e. The minimum absolute atomic E-state index is 0.0486. The molecule has 0 radical (unpaired) electrons. The molecule has 0 unspecified atom stereocenters. The molecule has 4 rings (SSSR count). The molecule has 0 fully saturated rings. The van der Waals surface area contributed by atoms with Gasteiger partial charge < -0.3 is 14.8 Å². The second kappa shape index (κ2) is 14.6. The fourth-order valence-electron chi connectivity index (χ4n) is 4.13. The molecule has 0 spiro atoms. The number of aromatic nitrogens is 1. The van der Waals surface area contributed by atoms with Gasteiger partial charge in [0.25, 0.3) is 5.91 Å². The maximum Gasteiger partial charge on any atom is 0.251 e. The van der Waals surface area contributed by atoms with E-state index in [0.29, 0.717) is 18.0 Å². The summed E-state index contributed by atoms with van der Waals surface area (Å²) < 4.78 is 9.14. The van der Waals surface area contributed by atoms with Crippen molar-refractivity contribution in [1.29, 1.82) is 0 Å². The molecule has 0 aliphatic rings. The smallest absolute Gasteiger partial charge is 0.251 e. The third-order valence-corrected chi connectivity index (χ3v) is 7.21.